The van der Waals surface area contributed by atoms with E-state index in [9.17, 15) is 5.11 Å². The molecule has 18 heavy (non-hydrogen) atoms. The van der Waals surface area contributed by atoms with Gasteiger partial charge >= 0.3 is 0 Å². The first-order chi connectivity index (χ1) is 8.69. The number of nitrogens with zero attached hydrogens (tertiary/aromatic N) is 3. The Morgan fingerprint density at radius 3 is 3.11 bits per heavy atom. The van der Waals surface area contributed by atoms with Crippen molar-refractivity contribution in [3.05, 3.63) is 29.2 Å². The van der Waals surface area contributed by atoms with Crippen molar-refractivity contribution in [3.8, 4) is 11.5 Å². The number of β-amino-alcohol motifs (C(OH)–C–C–N with tert-alkyl or cyclic N) is 1. The molecule has 2 aromatic heterocycles. The van der Waals surface area contributed by atoms with E-state index in [-0.39, 0.29) is 11.7 Å². The van der Waals surface area contributed by atoms with Gasteiger partial charge in [0.25, 0.3) is 5.89 Å². The summed E-state index contributed by atoms with van der Waals surface area (Å²) in [6.07, 6.45) is 2.15. The molecule has 0 aliphatic carbocycles. The molecule has 2 N–H and O–H groups in total. The summed E-state index contributed by atoms with van der Waals surface area (Å²) in [5.41, 5.74) is -0.643. The molecule has 0 saturated carbocycles. The van der Waals surface area contributed by atoms with Crippen molar-refractivity contribution >= 4 is 11.6 Å². The maximum absolute atomic E-state index is 10.3. The third kappa shape index (κ3) is 1.88. The Bertz CT molecular complexity index is 566. The summed E-state index contributed by atoms with van der Waals surface area (Å²) in [7, 11) is 0. The first kappa shape index (κ1) is 11.6. The Morgan fingerprint density at radius 2 is 2.39 bits per heavy atom. The monoisotopic (exact) mass is 266 g/mol. The summed E-state index contributed by atoms with van der Waals surface area (Å²) >= 11 is 6.00. The van der Waals surface area contributed by atoms with E-state index in [0.29, 0.717) is 23.7 Å². The molecule has 0 radical (unpaired) electrons. The topological polar surface area (TPSA) is 84.1 Å². The Morgan fingerprint density at radius 1 is 1.50 bits per heavy atom. The molecule has 7 heteroatoms. The molecule has 1 atom stereocenters. The standard InChI is InChI=1S/C11H11ClN4O2/c12-7-2-1-4-14-8(7)9-15-10(18-16-9)11(17)3-5-13-6-11/h1-2,4,13,17H,3,5-6H2. The van der Waals surface area contributed by atoms with Crippen LogP contribution < -0.4 is 5.32 Å². The third-order valence-electron chi connectivity index (χ3n) is 2.93. The molecular weight excluding hydrogens is 256 g/mol. The number of hydrogen-bond donors (Lipinski definition) is 2. The summed E-state index contributed by atoms with van der Waals surface area (Å²) in [6.45, 7) is 1.13. The zero-order valence-corrected chi connectivity index (χ0v) is 10.2. The van der Waals surface area contributed by atoms with Gasteiger partial charge in [0, 0.05) is 12.7 Å². The lowest BCUT2D eigenvalue weighted by molar-refractivity contribution is 0.0243. The van der Waals surface area contributed by atoms with E-state index in [0.717, 1.165) is 6.54 Å². The van der Waals surface area contributed by atoms with E-state index in [1.165, 1.54) is 0 Å². The van der Waals surface area contributed by atoms with Gasteiger partial charge in [-0.1, -0.05) is 16.8 Å². The van der Waals surface area contributed by atoms with Crippen molar-refractivity contribution < 1.29 is 9.63 Å². The van der Waals surface area contributed by atoms with Crippen LogP contribution in [0.15, 0.2) is 22.9 Å². The fourth-order valence-corrected chi connectivity index (χ4v) is 2.13. The van der Waals surface area contributed by atoms with Gasteiger partial charge in [0.2, 0.25) is 5.82 Å². The van der Waals surface area contributed by atoms with Crippen LogP contribution in [0.25, 0.3) is 11.5 Å². The van der Waals surface area contributed by atoms with Crippen LogP contribution in [0.1, 0.15) is 12.3 Å². The van der Waals surface area contributed by atoms with Crippen molar-refractivity contribution in [2.75, 3.05) is 13.1 Å². The maximum atomic E-state index is 10.3. The molecule has 6 nitrogen and oxygen atoms in total. The van der Waals surface area contributed by atoms with Crippen LogP contribution in [0.5, 0.6) is 0 Å². The smallest absolute Gasteiger partial charge is 0.260 e. The molecule has 3 rings (SSSR count). The molecule has 1 saturated heterocycles. The normalized spacial score (nSPS) is 23.4. The number of aliphatic hydroxyl groups is 1. The Hall–Kier alpha value is -1.50. The number of rotatable bonds is 2. The number of hydrogen-bond acceptors (Lipinski definition) is 6. The highest BCUT2D eigenvalue weighted by Gasteiger charge is 2.39. The molecule has 0 aromatic carbocycles. The van der Waals surface area contributed by atoms with Gasteiger partial charge in [-0.25, -0.2) is 0 Å². The summed E-state index contributed by atoms with van der Waals surface area (Å²) < 4.78 is 5.11. The van der Waals surface area contributed by atoms with Crippen LogP contribution in [-0.2, 0) is 5.60 Å². The minimum absolute atomic E-state index is 0.198. The van der Waals surface area contributed by atoms with Gasteiger partial charge in [0.15, 0.2) is 5.60 Å². The highest BCUT2D eigenvalue weighted by atomic mass is 35.5. The summed E-state index contributed by atoms with van der Waals surface area (Å²) in [6, 6.07) is 3.42. The van der Waals surface area contributed by atoms with Gasteiger partial charge in [-0.05, 0) is 25.1 Å². The minimum Gasteiger partial charge on any atom is -0.379 e. The van der Waals surface area contributed by atoms with E-state index >= 15 is 0 Å². The van der Waals surface area contributed by atoms with Crippen molar-refractivity contribution in [2.45, 2.75) is 12.0 Å². The van der Waals surface area contributed by atoms with Crippen LogP contribution in [0, 0.1) is 0 Å². The highest BCUT2D eigenvalue weighted by Crippen LogP contribution is 2.29. The van der Waals surface area contributed by atoms with Gasteiger partial charge in [0.1, 0.15) is 5.69 Å². The molecule has 0 spiro atoms. The third-order valence-corrected chi connectivity index (χ3v) is 3.23. The van der Waals surface area contributed by atoms with Gasteiger partial charge in [-0.15, -0.1) is 0 Å². The van der Waals surface area contributed by atoms with E-state index in [1.54, 1.807) is 18.3 Å². The molecule has 1 aliphatic heterocycles. The summed E-state index contributed by atoms with van der Waals surface area (Å²) in [5.74, 6) is 0.486. The van der Waals surface area contributed by atoms with Crippen molar-refractivity contribution in [1.29, 1.82) is 0 Å². The van der Waals surface area contributed by atoms with Crippen LogP contribution in [-0.4, -0.2) is 33.3 Å². The molecule has 3 heterocycles. The molecule has 94 valence electrons. The first-order valence-corrected chi connectivity index (χ1v) is 5.95. The van der Waals surface area contributed by atoms with E-state index in [2.05, 4.69) is 20.4 Å². The molecule has 1 aliphatic rings. The molecule has 2 aromatic rings. The average molecular weight is 267 g/mol. The van der Waals surface area contributed by atoms with Crippen LogP contribution in [0.2, 0.25) is 5.02 Å². The second kappa shape index (κ2) is 4.31. The summed E-state index contributed by atoms with van der Waals surface area (Å²) in [5, 5.41) is 17.6. The fourth-order valence-electron chi connectivity index (χ4n) is 1.92. The number of nitrogens with one attached hydrogen (secondary N) is 1. The lowest BCUT2D eigenvalue weighted by Crippen LogP contribution is -2.28. The van der Waals surface area contributed by atoms with Gasteiger partial charge in [-0.3, -0.25) is 4.98 Å². The van der Waals surface area contributed by atoms with Crippen molar-refractivity contribution in [1.82, 2.24) is 20.4 Å². The predicted octanol–water partition coefficient (Wildman–Crippen LogP) is 0.966. The largest absolute Gasteiger partial charge is 0.379 e. The van der Waals surface area contributed by atoms with Crippen LogP contribution in [0.3, 0.4) is 0 Å². The van der Waals surface area contributed by atoms with E-state index in [1.807, 2.05) is 0 Å². The van der Waals surface area contributed by atoms with Crippen molar-refractivity contribution in [2.24, 2.45) is 0 Å². The lowest BCUT2D eigenvalue weighted by Gasteiger charge is -2.14. The van der Waals surface area contributed by atoms with Crippen molar-refractivity contribution in [3.63, 3.8) is 0 Å². The second-order valence-electron chi connectivity index (χ2n) is 4.22. The number of halogens is 1. The zero-order valence-electron chi connectivity index (χ0n) is 9.43. The van der Waals surface area contributed by atoms with Gasteiger partial charge in [-0.2, -0.15) is 4.98 Å². The lowest BCUT2D eigenvalue weighted by atomic mass is 10.0. The molecular formula is C11H11ClN4O2. The molecule has 1 fully saturated rings. The highest BCUT2D eigenvalue weighted by molar-refractivity contribution is 6.32. The number of pyridine rings is 1. The Balaban J connectivity index is 1.97. The average Bonchev–Trinajstić information content (AvgIpc) is 2.99. The molecule has 0 amide bonds. The fraction of sp³-hybridized carbons (Fsp3) is 0.364. The van der Waals surface area contributed by atoms with Gasteiger partial charge < -0.3 is 14.9 Å². The Labute approximate surface area is 108 Å². The van der Waals surface area contributed by atoms with Crippen LogP contribution in [0.4, 0.5) is 0 Å². The van der Waals surface area contributed by atoms with E-state index in [4.69, 9.17) is 16.1 Å². The number of aromatic nitrogens is 3. The predicted molar refractivity (Wildman–Crippen MR) is 63.9 cm³/mol. The van der Waals surface area contributed by atoms with Crippen LogP contribution >= 0.6 is 11.6 Å². The first-order valence-electron chi connectivity index (χ1n) is 5.57. The maximum Gasteiger partial charge on any atom is 0.260 e. The summed E-state index contributed by atoms with van der Waals surface area (Å²) in [4.78, 5) is 8.28. The second-order valence-corrected chi connectivity index (χ2v) is 4.62. The Kier molecular flexibility index (Phi) is 2.77. The van der Waals surface area contributed by atoms with E-state index < -0.39 is 5.60 Å². The quantitative estimate of drug-likeness (QED) is 0.843. The molecule has 1 unspecified atom stereocenters. The minimum atomic E-state index is -1.09. The molecule has 0 bridgehead atoms. The van der Waals surface area contributed by atoms with Gasteiger partial charge in [0.05, 0.1) is 5.02 Å². The zero-order chi connectivity index (χ0) is 12.6. The SMILES string of the molecule is OC1(c2nc(-c3ncccc3Cl)no2)CCNC1.